The Kier molecular flexibility index (Phi) is 5.42. The number of nitrogens with two attached hydrogens (primary N) is 1. The van der Waals surface area contributed by atoms with Crippen LogP contribution in [0.25, 0.3) is 0 Å². The molecule has 0 saturated heterocycles. The Labute approximate surface area is 127 Å². The van der Waals surface area contributed by atoms with Gasteiger partial charge in [0.25, 0.3) is 0 Å². The van der Waals surface area contributed by atoms with Crippen molar-refractivity contribution in [3.8, 4) is 0 Å². The Balaban J connectivity index is 2.84. The van der Waals surface area contributed by atoms with E-state index in [2.05, 4.69) is 5.32 Å². The minimum Gasteiger partial charge on any atom is -0.481 e. The third kappa shape index (κ3) is 3.39. The molecule has 1 rings (SSSR count). The fourth-order valence-electron chi connectivity index (χ4n) is 3.33. The van der Waals surface area contributed by atoms with Gasteiger partial charge >= 0.3 is 5.97 Å². The lowest BCUT2D eigenvalue weighted by Crippen LogP contribution is -2.59. The second-order valence-corrected chi connectivity index (χ2v) is 7.02. The van der Waals surface area contributed by atoms with E-state index >= 15 is 0 Å². The Morgan fingerprint density at radius 2 is 1.81 bits per heavy atom. The van der Waals surface area contributed by atoms with Gasteiger partial charge in [0, 0.05) is 6.04 Å². The highest BCUT2D eigenvalue weighted by molar-refractivity contribution is 5.86. The molecule has 122 valence electrons. The van der Waals surface area contributed by atoms with Gasteiger partial charge in [0.2, 0.25) is 5.91 Å². The summed E-state index contributed by atoms with van der Waals surface area (Å²) in [5.41, 5.74) is 4.96. The number of carbonyl (C=O) groups is 2. The predicted octanol–water partition coefficient (Wildman–Crippen LogP) is 2.15. The molecule has 0 heterocycles. The minimum absolute atomic E-state index is 0.0101. The van der Waals surface area contributed by atoms with Gasteiger partial charge in [-0.1, -0.05) is 34.6 Å². The van der Waals surface area contributed by atoms with Crippen molar-refractivity contribution in [2.75, 3.05) is 0 Å². The molecule has 0 spiro atoms. The summed E-state index contributed by atoms with van der Waals surface area (Å²) in [6.07, 6.45) is 2.47. The number of carboxylic acid groups (broad SMARTS) is 1. The smallest absolute Gasteiger partial charge is 0.307 e. The second-order valence-electron chi connectivity index (χ2n) is 7.02. The first-order chi connectivity index (χ1) is 9.60. The second kappa shape index (κ2) is 6.34. The molecular weight excluding hydrogens is 268 g/mol. The summed E-state index contributed by atoms with van der Waals surface area (Å²) in [7, 11) is 0. The van der Waals surface area contributed by atoms with Crippen LogP contribution >= 0.6 is 0 Å². The average Bonchev–Trinajstić information content (AvgIpc) is 2.42. The summed E-state index contributed by atoms with van der Waals surface area (Å²) in [5.74, 6) is -1.13. The summed E-state index contributed by atoms with van der Waals surface area (Å²) >= 11 is 0. The Morgan fingerprint density at radius 3 is 2.24 bits per heavy atom. The zero-order chi connectivity index (χ0) is 16.4. The van der Waals surface area contributed by atoms with Crippen LogP contribution < -0.4 is 11.1 Å². The van der Waals surface area contributed by atoms with Crippen LogP contribution in [-0.2, 0) is 9.59 Å². The normalized spacial score (nSPS) is 29.0. The zero-order valence-corrected chi connectivity index (χ0v) is 13.9. The van der Waals surface area contributed by atoms with Crippen LogP contribution in [0.15, 0.2) is 0 Å². The first kappa shape index (κ1) is 18.0. The molecular formula is C16H30N2O3. The lowest BCUT2D eigenvalue weighted by Gasteiger charge is -2.47. The minimum atomic E-state index is -0.826. The molecule has 4 N–H and O–H groups in total. The van der Waals surface area contributed by atoms with Crippen LogP contribution in [0.1, 0.15) is 60.3 Å². The van der Waals surface area contributed by atoms with Crippen LogP contribution in [0.2, 0.25) is 0 Å². The molecule has 1 saturated carbocycles. The maximum atomic E-state index is 12.4. The van der Waals surface area contributed by atoms with E-state index in [9.17, 15) is 14.7 Å². The molecule has 1 fully saturated rings. The van der Waals surface area contributed by atoms with E-state index in [1.54, 1.807) is 0 Å². The molecule has 0 aromatic rings. The highest BCUT2D eigenvalue weighted by Gasteiger charge is 2.47. The van der Waals surface area contributed by atoms with Gasteiger partial charge in [0.05, 0.1) is 11.5 Å². The molecule has 3 atom stereocenters. The van der Waals surface area contributed by atoms with E-state index in [4.69, 9.17) is 5.73 Å². The van der Waals surface area contributed by atoms with Crippen molar-refractivity contribution in [3.05, 3.63) is 0 Å². The number of carbonyl (C=O) groups excluding carboxylic acids is 1. The van der Waals surface area contributed by atoms with Crippen molar-refractivity contribution in [2.24, 2.45) is 23.0 Å². The summed E-state index contributed by atoms with van der Waals surface area (Å²) in [6, 6.07) is -0.0101. The Bertz CT molecular complexity index is 402. The summed E-state index contributed by atoms with van der Waals surface area (Å²) < 4.78 is 0. The van der Waals surface area contributed by atoms with Crippen LogP contribution in [0.3, 0.4) is 0 Å². The third-order valence-electron chi connectivity index (χ3n) is 5.77. The van der Waals surface area contributed by atoms with Crippen LogP contribution in [0.5, 0.6) is 0 Å². The van der Waals surface area contributed by atoms with Gasteiger partial charge in [0.1, 0.15) is 0 Å². The first-order valence-electron chi connectivity index (χ1n) is 7.92. The SMILES string of the molecule is CCC(N)(CC)C(=O)NC1CCC(C(=O)O)C(C)(C)C1C. The number of rotatable bonds is 5. The first-order valence-corrected chi connectivity index (χ1v) is 7.92. The average molecular weight is 298 g/mol. The molecule has 1 amide bonds. The maximum absolute atomic E-state index is 12.4. The molecule has 1 aliphatic carbocycles. The van der Waals surface area contributed by atoms with Crippen LogP contribution in [0.4, 0.5) is 0 Å². The third-order valence-corrected chi connectivity index (χ3v) is 5.77. The Hall–Kier alpha value is -1.10. The van der Waals surface area contributed by atoms with Crippen LogP contribution in [0, 0.1) is 17.3 Å². The molecule has 5 heteroatoms. The fraction of sp³-hybridized carbons (Fsp3) is 0.875. The zero-order valence-electron chi connectivity index (χ0n) is 13.9. The fourth-order valence-corrected chi connectivity index (χ4v) is 3.33. The van der Waals surface area contributed by atoms with E-state index in [1.807, 2.05) is 34.6 Å². The van der Waals surface area contributed by atoms with Crippen molar-refractivity contribution in [2.45, 2.75) is 71.9 Å². The number of aliphatic carboxylic acids is 1. The molecule has 0 bridgehead atoms. The highest BCUT2D eigenvalue weighted by atomic mass is 16.4. The van der Waals surface area contributed by atoms with Crippen molar-refractivity contribution in [1.29, 1.82) is 0 Å². The molecule has 0 aliphatic heterocycles. The molecule has 0 radical (unpaired) electrons. The quantitative estimate of drug-likeness (QED) is 0.725. The molecule has 0 aromatic carbocycles. The molecule has 3 unspecified atom stereocenters. The van der Waals surface area contributed by atoms with Gasteiger partial charge in [-0.05, 0) is 37.0 Å². The van der Waals surface area contributed by atoms with Gasteiger partial charge in [0.15, 0.2) is 0 Å². The topological polar surface area (TPSA) is 92.4 Å². The largest absolute Gasteiger partial charge is 0.481 e. The van der Waals surface area contributed by atoms with Gasteiger partial charge < -0.3 is 16.2 Å². The van der Waals surface area contributed by atoms with E-state index in [0.29, 0.717) is 25.7 Å². The summed E-state index contributed by atoms with van der Waals surface area (Å²) in [4.78, 5) is 23.8. The predicted molar refractivity (Wildman–Crippen MR) is 82.7 cm³/mol. The molecule has 5 nitrogen and oxygen atoms in total. The monoisotopic (exact) mass is 298 g/mol. The van der Waals surface area contributed by atoms with Gasteiger partial charge in [-0.25, -0.2) is 0 Å². The van der Waals surface area contributed by atoms with Gasteiger partial charge in [-0.15, -0.1) is 0 Å². The van der Waals surface area contributed by atoms with Crippen molar-refractivity contribution >= 4 is 11.9 Å². The molecule has 1 aliphatic rings. The molecule has 21 heavy (non-hydrogen) atoms. The Morgan fingerprint density at radius 1 is 1.29 bits per heavy atom. The highest BCUT2D eigenvalue weighted by Crippen LogP contribution is 2.45. The van der Waals surface area contributed by atoms with Gasteiger partial charge in [-0.3, -0.25) is 9.59 Å². The van der Waals surface area contributed by atoms with Crippen molar-refractivity contribution in [1.82, 2.24) is 5.32 Å². The van der Waals surface area contributed by atoms with Crippen molar-refractivity contribution in [3.63, 3.8) is 0 Å². The lowest BCUT2D eigenvalue weighted by molar-refractivity contribution is -0.150. The van der Waals surface area contributed by atoms with E-state index in [0.717, 1.165) is 0 Å². The number of hydrogen-bond donors (Lipinski definition) is 3. The number of amides is 1. The van der Waals surface area contributed by atoms with Crippen molar-refractivity contribution < 1.29 is 14.7 Å². The van der Waals surface area contributed by atoms with E-state index < -0.39 is 11.5 Å². The summed E-state index contributed by atoms with van der Waals surface area (Å²) in [6.45, 7) is 9.81. The summed E-state index contributed by atoms with van der Waals surface area (Å²) in [5, 5.41) is 12.4. The van der Waals surface area contributed by atoms with E-state index in [1.165, 1.54) is 0 Å². The number of hydrogen-bond acceptors (Lipinski definition) is 3. The van der Waals surface area contributed by atoms with Crippen LogP contribution in [-0.4, -0.2) is 28.6 Å². The lowest BCUT2D eigenvalue weighted by atomic mass is 9.61. The standard InChI is InChI=1S/C16H30N2O3/c1-6-16(17,7-2)14(21)18-12-9-8-11(13(19)20)15(4,5)10(12)3/h10-12H,6-9,17H2,1-5H3,(H,18,21)(H,19,20). The molecule has 0 aromatic heterocycles. The van der Waals surface area contributed by atoms with Gasteiger partial charge in [-0.2, -0.15) is 0 Å². The number of nitrogens with one attached hydrogen (secondary N) is 1. The maximum Gasteiger partial charge on any atom is 0.307 e. The number of carboxylic acids is 1. The van der Waals surface area contributed by atoms with E-state index in [-0.39, 0.29) is 29.2 Å².